The summed E-state index contributed by atoms with van der Waals surface area (Å²) < 4.78 is 0. The van der Waals surface area contributed by atoms with Gasteiger partial charge in [-0.15, -0.1) is 0 Å². The molecule has 1 heterocycles. The number of nitrogens with zero attached hydrogens (tertiary/aromatic N) is 1. The lowest BCUT2D eigenvalue weighted by atomic mass is 9.96. The first-order valence-electron chi connectivity index (χ1n) is 7.28. The highest BCUT2D eigenvalue weighted by molar-refractivity contribution is 5.41. The molecule has 2 unspecified atom stereocenters. The van der Waals surface area contributed by atoms with Gasteiger partial charge in [-0.3, -0.25) is 4.90 Å². The van der Waals surface area contributed by atoms with E-state index >= 15 is 0 Å². The van der Waals surface area contributed by atoms with Crippen LogP contribution in [0.2, 0.25) is 0 Å². The van der Waals surface area contributed by atoms with Gasteiger partial charge in [-0.1, -0.05) is 37.0 Å². The van der Waals surface area contributed by atoms with Crippen molar-refractivity contribution in [3.05, 3.63) is 35.4 Å². The van der Waals surface area contributed by atoms with Gasteiger partial charge in [0.05, 0.1) is 12.7 Å². The minimum absolute atomic E-state index is 0.108. The first-order chi connectivity index (χ1) is 9.70. The number of hydrogen-bond acceptors (Lipinski definition) is 3. The molecule has 0 spiro atoms. The summed E-state index contributed by atoms with van der Waals surface area (Å²) in [5.74, 6) is 6.45. The summed E-state index contributed by atoms with van der Waals surface area (Å²) >= 11 is 0. The summed E-state index contributed by atoms with van der Waals surface area (Å²) in [6.45, 7) is 4.95. The summed E-state index contributed by atoms with van der Waals surface area (Å²) in [7, 11) is 0. The maximum Gasteiger partial charge on any atom is 0.0590 e. The highest BCUT2D eigenvalue weighted by Gasteiger charge is 2.24. The Morgan fingerprint density at radius 1 is 1.35 bits per heavy atom. The Labute approximate surface area is 121 Å². The summed E-state index contributed by atoms with van der Waals surface area (Å²) in [5, 5.41) is 18.6. The Morgan fingerprint density at radius 3 is 2.90 bits per heavy atom. The van der Waals surface area contributed by atoms with Crippen LogP contribution in [0, 0.1) is 17.8 Å². The van der Waals surface area contributed by atoms with Gasteiger partial charge < -0.3 is 10.2 Å². The molecule has 0 saturated carbocycles. The second kappa shape index (κ2) is 7.44. The molecule has 1 aliphatic rings. The second-order valence-corrected chi connectivity index (χ2v) is 5.50. The highest BCUT2D eigenvalue weighted by Crippen LogP contribution is 2.19. The fourth-order valence-corrected chi connectivity index (χ4v) is 2.60. The maximum atomic E-state index is 9.79. The number of likely N-dealkylation sites (tertiary alicyclic amines) is 1. The van der Waals surface area contributed by atoms with Gasteiger partial charge in [0.25, 0.3) is 0 Å². The van der Waals surface area contributed by atoms with Crippen LogP contribution in [0.5, 0.6) is 0 Å². The molecule has 0 amide bonds. The molecular weight excluding hydrogens is 250 g/mol. The molecular formula is C17H23NO2. The third kappa shape index (κ3) is 4.08. The standard InChI is InChI=1S/C17H23NO2/c1-14-12-18(10-9-17(14)20)13-16-8-3-2-6-15(16)7-4-5-11-19/h2-3,6,8,14,17,19-20H,5,9-13H2,1H3. The van der Waals surface area contributed by atoms with Gasteiger partial charge in [0.2, 0.25) is 0 Å². The first-order valence-corrected chi connectivity index (χ1v) is 7.28. The predicted octanol–water partition coefficient (Wildman–Crippen LogP) is 1.62. The molecule has 1 aliphatic heterocycles. The fraction of sp³-hybridized carbons (Fsp3) is 0.529. The van der Waals surface area contributed by atoms with Crippen molar-refractivity contribution in [3.63, 3.8) is 0 Å². The van der Waals surface area contributed by atoms with Gasteiger partial charge in [0.15, 0.2) is 0 Å². The van der Waals surface area contributed by atoms with E-state index in [4.69, 9.17) is 5.11 Å². The van der Waals surface area contributed by atoms with Crippen molar-refractivity contribution in [2.45, 2.75) is 32.4 Å². The summed E-state index contributed by atoms with van der Waals surface area (Å²) in [6.07, 6.45) is 1.20. The largest absolute Gasteiger partial charge is 0.395 e. The molecule has 0 aromatic heterocycles. The molecule has 2 rings (SSSR count). The van der Waals surface area contributed by atoms with Crippen LogP contribution in [0.15, 0.2) is 24.3 Å². The van der Waals surface area contributed by atoms with E-state index in [1.165, 1.54) is 5.56 Å². The smallest absolute Gasteiger partial charge is 0.0590 e. The van der Waals surface area contributed by atoms with Crippen LogP contribution < -0.4 is 0 Å². The minimum Gasteiger partial charge on any atom is -0.395 e. The lowest BCUT2D eigenvalue weighted by molar-refractivity contribution is 0.0320. The van der Waals surface area contributed by atoms with E-state index < -0.39 is 0 Å². The van der Waals surface area contributed by atoms with Gasteiger partial charge >= 0.3 is 0 Å². The van der Waals surface area contributed by atoms with Crippen LogP contribution >= 0.6 is 0 Å². The number of piperidine rings is 1. The van der Waals surface area contributed by atoms with E-state index in [0.717, 1.165) is 31.6 Å². The van der Waals surface area contributed by atoms with E-state index in [1.807, 2.05) is 18.2 Å². The van der Waals surface area contributed by atoms with Crippen LogP contribution in [0.25, 0.3) is 0 Å². The molecule has 1 aromatic carbocycles. The number of benzene rings is 1. The van der Waals surface area contributed by atoms with Gasteiger partial charge in [0.1, 0.15) is 0 Å². The van der Waals surface area contributed by atoms with E-state index in [0.29, 0.717) is 12.3 Å². The Morgan fingerprint density at radius 2 is 2.15 bits per heavy atom. The lowest BCUT2D eigenvalue weighted by Gasteiger charge is -2.34. The molecule has 2 atom stereocenters. The Kier molecular flexibility index (Phi) is 5.60. The molecule has 2 N–H and O–H groups in total. The zero-order valence-electron chi connectivity index (χ0n) is 12.0. The average Bonchev–Trinajstić information content (AvgIpc) is 2.45. The third-order valence-electron chi connectivity index (χ3n) is 3.82. The molecule has 108 valence electrons. The van der Waals surface area contributed by atoms with Crippen LogP contribution in [0.1, 0.15) is 30.9 Å². The second-order valence-electron chi connectivity index (χ2n) is 5.50. The zero-order chi connectivity index (χ0) is 14.4. The van der Waals surface area contributed by atoms with Crippen molar-refractivity contribution >= 4 is 0 Å². The van der Waals surface area contributed by atoms with Crippen molar-refractivity contribution < 1.29 is 10.2 Å². The third-order valence-corrected chi connectivity index (χ3v) is 3.82. The van der Waals surface area contributed by atoms with Crippen LogP contribution in [-0.2, 0) is 6.54 Å². The molecule has 20 heavy (non-hydrogen) atoms. The van der Waals surface area contributed by atoms with Crippen LogP contribution in [0.4, 0.5) is 0 Å². The highest BCUT2D eigenvalue weighted by atomic mass is 16.3. The quantitative estimate of drug-likeness (QED) is 0.823. The Balaban J connectivity index is 2.04. The fourth-order valence-electron chi connectivity index (χ4n) is 2.60. The topological polar surface area (TPSA) is 43.7 Å². The van der Waals surface area contributed by atoms with Gasteiger partial charge in [-0.05, 0) is 24.0 Å². The van der Waals surface area contributed by atoms with Gasteiger partial charge in [0, 0.05) is 31.6 Å². The van der Waals surface area contributed by atoms with E-state index in [1.54, 1.807) is 0 Å². The average molecular weight is 273 g/mol. The molecule has 1 saturated heterocycles. The van der Waals surface area contributed by atoms with Crippen molar-refractivity contribution in [3.8, 4) is 11.8 Å². The molecule has 3 nitrogen and oxygen atoms in total. The summed E-state index contributed by atoms with van der Waals surface area (Å²) in [4.78, 5) is 2.38. The number of aliphatic hydroxyl groups excluding tert-OH is 2. The normalized spacial score (nSPS) is 23.1. The molecule has 3 heteroatoms. The summed E-state index contributed by atoms with van der Waals surface area (Å²) in [5.41, 5.74) is 2.27. The number of aliphatic hydroxyl groups is 2. The molecule has 0 bridgehead atoms. The van der Waals surface area contributed by atoms with E-state index in [9.17, 15) is 5.11 Å². The van der Waals surface area contributed by atoms with Crippen LogP contribution in [-0.4, -0.2) is 40.9 Å². The predicted molar refractivity (Wildman–Crippen MR) is 80.1 cm³/mol. The molecule has 0 radical (unpaired) electrons. The van der Waals surface area contributed by atoms with Gasteiger partial charge in [-0.2, -0.15) is 0 Å². The SMILES string of the molecule is CC1CN(Cc2ccccc2C#CCCO)CCC1O. The summed E-state index contributed by atoms with van der Waals surface area (Å²) in [6, 6.07) is 8.17. The zero-order valence-corrected chi connectivity index (χ0v) is 12.0. The Bertz CT molecular complexity index is 489. The Hall–Kier alpha value is -1.34. The molecule has 0 aliphatic carbocycles. The van der Waals surface area contributed by atoms with E-state index in [2.05, 4.69) is 29.7 Å². The lowest BCUT2D eigenvalue weighted by Crippen LogP contribution is -2.41. The number of hydrogen-bond donors (Lipinski definition) is 2. The monoisotopic (exact) mass is 273 g/mol. The number of rotatable bonds is 3. The van der Waals surface area contributed by atoms with Crippen molar-refractivity contribution in [1.82, 2.24) is 4.90 Å². The van der Waals surface area contributed by atoms with E-state index in [-0.39, 0.29) is 12.7 Å². The molecule has 1 aromatic rings. The maximum absolute atomic E-state index is 9.79. The van der Waals surface area contributed by atoms with Crippen molar-refractivity contribution in [1.29, 1.82) is 0 Å². The first kappa shape index (κ1) is 15.1. The minimum atomic E-state index is -0.161. The van der Waals surface area contributed by atoms with Crippen molar-refractivity contribution in [2.24, 2.45) is 5.92 Å². The van der Waals surface area contributed by atoms with Crippen molar-refractivity contribution in [2.75, 3.05) is 19.7 Å². The van der Waals surface area contributed by atoms with Gasteiger partial charge in [-0.25, -0.2) is 0 Å². The molecule has 1 fully saturated rings. The van der Waals surface area contributed by atoms with Crippen LogP contribution in [0.3, 0.4) is 0 Å².